The number of hydrogen-bond acceptors (Lipinski definition) is 2. The summed E-state index contributed by atoms with van der Waals surface area (Å²) in [5.41, 5.74) is 2.56. The van der Waals surface area contributed by atoms with E-state index in [4.69, 9.17) is 0 Å². The number of likely N-dealkylation sites (N-methyl/N-ethyl adjacent to an activating group) is 1. The van der Waals surface area contributed by atoms with Gasteiger partial charge in [-0.05, 0) is 49.8 Å². The lowest BCUT2D eigenvalue weighted by Gasteiger charge is -2.23. The maximum Gasteiger partial charge on any atom is 0.0419 e. The summed E-state index contributed by atoms with van der Waals surface area (Å²) < 4.78 is 0. The topological polar surface area (TPSA) is 24.9 Å². The van der Waals surface area contributed by atoms with Gasteiger partial charge in [-0.25, -0.2) is 0 Å². The summed E-state index contributed by atoms with van der Waals surface area (Å²) in [5.74, 6) is 1.79. The summed E-state index contributed by atoms with van der Waals surface area (Å²) in [5, 5.41) is 3.53. The molecule has 0 bridgehead atoms. The van der Waals surface area contributed by atoms with Gasteiger partial charge in [0.2, 0.25) is 0 Å². The normalized spacial score (nSPS) is 24.6. The fourth-order valence-corrected chi connectivity index (χ4v) is 3.36. The molecule has 1 saturated carbocycles. The quantitative estimate of drug-likeness (QED) is 0.845. The van der Waals surface area contributed by atoms with Crippen molar-refractivity contribution < 1.29 is 0 Å². The number of pyridine rings is 1. The van der Waals surface area contributed by atoms with Gasteiger partial charge in [-0.1, -0.05) is 32.8 Å². The molecule has 106 valence electrons. The zero-order chi connectivity index (χ0) is 13.7. The largest absolute Gasteiger partial charge is 0.316 e. The zero-order valence-electron chi connectivity index (χ0n) is 12.7. The van der Waals surface area contributed by atoms with E-state index < -0.39 is 0 Å². The molecule has 19 heavy (non-hydrogen) atoms. The first-order valence-electron chi connectivity index (χ1n) is 7.87. The third kappa shape index (κ3) is 3.79. The molecule has 0 amide bonds. The lowest BCUT2D eigenvalue weighted by molar-refractivity contribution is 0.359. The summed E-state index contributed by atoms with van der Waals surface area (Å²) in [6.45, 7) is 4.50. The van der Waals surface area contributed by atoms with E-state index in [-0.39, 0.29) is 0 Å². The van der Waals surface area contributed by atoms with Crippen LogP contribution in [-0.2, 0) is 12.8 Å². The second-order valence-electron chi connectivity index (χ2n) is 5.96. The maximum atomic E-state index is 4.61. The summed E-state index contributed by atoms with van der Waals surface area (Å²) in [4.78, 5) is 4.61. The Kier molecular flexibility index (Phi) is 5.38. The Morgan fingerprint density at radius 1 is 1.32 bits per heavy atom. The predicted molar refractivity (Wildman–Crippen MR) is 81.3 cm³/mol. The second kappa shape index (κ2) is 7.04. The minimum Gasteiger partial charge on any atom is -0.316 e. The molecule has 1 fully saturated rings. The van der Waals surface area contributed by atoms with Gasteiger partial charge in [-0.3, -0.25) is 4.98 Å². The molecule has 3 atom stereocenters. The number of aryl methyl sites for hydroxylation is 1. The highest BCUT2D eigenvalue weighted by Gasteiger charge is 2.29. The van der Waals surface area contributed by atoms with E-state index in [0.29, 0.717) is 6.04 Å². The van der Waals surface area contributed by atoms with Crippen molar-refractivity contribution in [2.75, 3.05) is 7.05 Å². The number of nitrogens with zero attached hydrogens (tertiary/aromatic N) is 1. The van der Waals surface area contributed by atoms with Gasteiger partial charge in [0, 0.05) is 24.4 Å². The molecular formula is C17H28N2. The van der Waals surface area contributed by atoms with E-state index in [0.717, 1.165) is 24.7 Å². The highest BCUT2D eigenvalue weighted by atomic mass is 14.9. The smallest absolute Gasteiger partial charge is 0.0419 e. The van der Waals surface area contributed by atoms with Gasteiger partial charge in [-0.15, -0.1) is 0 Å². The molecule has 0 spiro atoms. The third-order valence-corrected chi connectivity index (χ3v) is 4.82. The van der Waals surface area contributed by atoms with Crippen LogP contribution in [0.2, 0.25) is 0 Å². The Hall–Kier alpha value is -0.890. The van der Waals surface area contributed by atoms with Crippen molar-refractivity contribution in [3.8, 4) is 0 Å². The first-order chi connectivity index (χ1) is 9.26. The first kappa shape index (κ1) is 14.5. The van der Waals surface area contributed by atoms with Crippen LogP contribution in [0.1, 0.15) is 50.8 Å². The second-order valence-corrected chi connectivity index (χ2v) is 5.96. The number of hydrogen-bond donors (Lipinski definition) is 1. The van der Waals surface area contributed by atoms with Crippen molar-refractivity contribution >= 4 is 0 Å². The Balaban J connectivity index is 1.94. The van der Waals surface area contributed by atoms with E-state index in [9.17, 15) is 0 Å². The fourth-order valence-electron chi connectivity index (χ4n) is 3.36. The first-order valence-corrected chi connectivity index (χ1v) is 7.87. The fraction of sp³-hybridized carbons (Fsp3) is 0.706. The third-order valence-electron chi connectivity index (χ3n) is 4.82. The van der Waals surface area contributed by atoms with Crippen LogP contribution in [0.25, 0.3) is 0 Å². The minimum atomic E-state index is 0.594. The summed E-state index contributed by atoms with van der Waals surface area (Å²) in [6, 6.07) is 5.02. The predicted octanol–water partition coefficient (Wildman–Crippen LogP) is 3.60. The average Bonchev–Trinajstić information content (AvgIpc) is 2.94. The van der Waals surface area contributed by atoms with Crippen LogP contribution in [-0.4, -0.2) is 18.1 Å². The molecule has 0 aliphatic heterocycles. The number of aromatic nitrogens is 1. The Bertz CT molecular complexity index is 371. The Labute approximate surface area is 118 Å². The molecule has 2 rings (SSSR count). The van der Waals surface area contributed by atoms with Crippen molar-refractivity contribution in [1.82, 2.24) is 10.3 Å². The zero-order valence-corrected chi connectivity index (χ0v) is 12.7. The molecule has 1 aliphatic carbocycles. The number of rotatable bonds is 6. The van der Waals surface area contributed by atoms with Gasteiger partial charge < -0.3 is 5.32 Å². The van der Waals surface area contributed by atoms with Crippen LogP contribution in [0.5, 0.6) is 0 Å². The van der Waals surface area contributed by atoms with Crippen molar-refractivity contribution in [3.63, 3.8) is 0 Å². The molecule has 1 N–H and O–H groups in total. The lowest BCUT2D eigenvalue weighted by Crippen LogP contribution is -2.34. The maximum absolute atomic E-state index is 4.61. The minimum absolute atomic E-state index is 0.594. The lowest BCUT2D eigenvalue weighted by atomic mass is 9.92. The Morgan fingerprint density at radius 2 is 2.16 bits per heavy atom. The molecular weight excluding hydrogens is 232 g/mol. The molecule has 1 aromatic rings. The standard InChI is InChI=1S/C17H28N2/c1-4-13-6-8-15(10-13)17(18-3)11-16-9-7-14(5-2)12-19-16/h7,9,12-13,15,17-18H,4-6,8,10-11H2,1-3H3. The Morgan fingerprint density at radius 3 is 2.68 bits per heavy atom. The summed E-state index contributed by atoms with van der Waals surface area (Å²) in [6.07, 6.45) is 9.72. The van der Waals surface area contributed by atoms with Gasteiger partial charge in [0.15, 0.2) is 0 Å². The van der Waals surface area contributed by atoms with Crippen molar-refractivity contribution in [1.29, 1.82) is 0 Å². The van der Waals surface area contributed by atoms with Gasteiger partial charge >= 0.3 is 0 Å². The highest BCUT2D eigenvalue weighted by molar-refractivity contribution is 5.15. The monoisotopic (exact) mass is 260 g/mol. The van der Waals surface area contributed by atoms with Crippen LogP contribution in [0, 0.1) is 11.8 Å². The number of nitrogens with one attached hydrogen (secondary N) is 1. The van der Waals surface area contributed by atoms with Crippen LogP contribution in [0.4, 0.5) is 0 Å². The summed E-state index contributed by atoms with van der Waals surface area (Å²) in [7, 11) is 2.10. The molecule has 3 unspecified atom stereocenters. The van der Waals surface area contributed by atoms with Crippen LogP contribution < -0.4 is 5.32 Å². The van der Waals surface area contributed by atoms with Crippen LogP contribution in [0.15, 0.2) is 18.3 Å². The molecule has 1 heterocycles. The average molecular weight is 260 g/mol. The summed E-state index contributed by atoms with van der Waals surface area (Å²) >= 11 is 0. The molecule has 0 radical (unpaired) electrons. The molecule has 1 aromatic heterocycles. The van der Waals surface area contributed by atoms with E-state index in [1.165, 1.54) is 36.9 Å². The van der Waals surface area contributed by atoms with Gasteiger partial charge in [0.05, 0.1) is 0 Å². The van der Waals surface area contributed by atoms with Gasteiger partial charge in [0.1, 0.15) is 0 Å². The molecule has 0 saturated heterocycles. The SMILES string of the molecule is CCc1ccc(CC(NC)C2CCC(CC)C2)nc1. The molecule has 2 nitrogen and oxygen atoms in total. The van der Waals surface area contributed by atoms with E-state index in [1.54, 1.807) is 0 Å². The van der Waals surface area contributed by atoms with Crippen molar-refractivity contribution in [2.45, 2.75) is 58.4 Å². The van der Waals surface area contributed by atoms with Gasteiger partial charge in [0.25, 0.3) is 0 Å². The van der Waals surface area contributed by atoms with Crippen LogP contribution in [0.3, 0.4) is 0 Å². The van der Waals surface area contributed by atoms with Crippen molar-refractivity contribution in [3.05, 3.63) is 29.6 Å². The van der Waals surface area contributed by atoms with Crippen LogP contribution >= 0.6 is 0 Å². The van der Waals surface area contributed by atoms with E-state index in [2.05, 4.69) is 43.3 Å². The van der Waals surface area contributed by atoms with Crippen molar-refractivity contribution in [2.24, 2.45) is 11.8 Å². The molecule has 2 heteroatoms. The molecule has 0 aromatic carbocycles. The molecule has 1 aliphatic rings. The van der Waals surface area contributed by atoms with E-state index in [1.807, 2.05) is 6.20 Å². The van der Waals surface area contributed by atoms with Gasteiger partial charge in [-0.2, -0.15) is 0 Å². The van der Waals surface area contributed by atoms with E-state index >= 15 is 0 Å². The highest BCUT2D eigenvalue weighted by Crippen LogP contribution is 2.35.